The lowest BCUT2D eigenvalue weighted by Gasteiger charge is -2.23. The van der Waals surface area contributed by atoms with Gasteiger partial charge in [-0.3, -0.25) is 14.5 Å². The van der Waals surface area contributed by atoms with Crippen LogP contribution in [0.15, 0.2) is 75.1 Å². The van der Waals surface area contributed by atoms with Crippen LogP contribution >= 0.6 is 15.9 Å². The zero-order chi connectivity index (χ0) is 22.8. The lowest BCUT2D eigenvalue weighted by molar-refractivity contribution is -0.132. The van der Waals surface area contributed by atoms with E-state index in [9.17, 15) is 14.7 Å². The van der Waals surface area contributed by atoms with Crippen LogP contribution in [0.3, 0.4) is 0 Å². The number of aryl methyl sites for hydroxylation is 1. The largest absolute Gasteiger partial charge is 0.507 e. The number of furan rings is 1. The molecule has 0 radical (unpaired) electrons. The van der Waals surface area contributed by atoms with E-state index in [2.05, 4.69) is 15.9 Å². The molecule has 7 heteroatoms. The van der Waals surface area contributed by atoms with Crippen molar-refractivity contribution in [3.8, 4) is 5.75 Å². The number of hydrogen-bond donors (Lipinski definition) is 1. The molecule has 1 atom stereocenters. The highest BCUT2D eigenvalue weighted by Crippen LogP contribution is 2.42. The summed E-state index contributed by atoms with van der Waals surface area (Å²) in [6.45, 7) is 4.38. The van der Waals surface area contributed by atoms with E-state index in [1.807, 2.05) is 6.92 Å². The van der Waals surface area contributed by atoms with Gasteiger partial charge in [0.05, 0.1) is 12.2 Å². The minimum Gasteiger partial charge on any atom is -0.507 e. The minimum atomic E-state index is -0.888. The lowest BCUT2D eigenvalue weighted by atomic mass is 9.99. The highest BCUT2D eigenvalue weighted by Gasteiger charge is 2.48. The molecule has 164 valence electrons. The molecule has 32 heavy (non-hydrogen) atoms. The number of carbonyl (C=O) groups excluding carboxylic acids is 2. The van der Waals surface area contributed by atoms with Gasteiger partial charge in [-0.25, -0.2) is 0 Å². The number of amides is 1. The average molecular weight is 496 g/mol. The third-order valence-electron chi connectivity index (χ3n) is 5.18. The van der Waals surface area contributed by atoms with Crippen molar-refractivity contribution in [2.45, 2.75) is 26.3 Å². The van der Waals surface area contributed by atoms with E-state index in [4.69, 9.17) is 9.15 Å². The maximum absolute atomic E-state index is 13.1. The Kier molecular flexibility index (Phi) is 6.19. The van der Waals surface area contributed by atoms with E-state index in [1.54, 1.807) is 67.6 Å². The molecular formula is C25H22BrNO5. The number of anilines is 1. The van der Waals surface area contributed by atoms with Crippen LogP contribution in [-0.2, 0) is 9.59 Å². The summed E-state index contributed by atoms with van der Waals surface area (Å²) in [4.78, 5) is 27.5. The fourth-order valence-electron chi connectivity index (χ4n) is 3.65. The fourth-order valence-corrected chi connectivity index (χ4v) is 3.92. The van der Waals surface area contributed by atoms with Crippen molar-refractivity contribution in [1.29, 1.82) is 0 Å². The number of nitrogens with zero attached hydrogens (tertiary/aromatic N) is 1. The maximum atomic E-state index is 13.1. The van der Waals surface area contributed by atoms with Crippen molar-refractivity contribution >= 4 is 39.1 Å². The van der Waals surface area contributed by atoms with E-state index >= 15 is 0 Å². The third-order valence-corrected chi connectivity index (χ3v) is 5.71. The Balaban J connectivity index is 1.82. The monoisotopic (exact) mass is 495 g/mol. The van der Waals surface area contributed by atoms with Crippen LogP contribution in [0.1, 0.15) is 36.5 Å². The third kappa shape index (κ3) is 4.08. The van der Waals surface area contributed by atoms with Gasteiger partial charge in [-0.1, -0.05) is 22.9 Å². The average Bonchev–Trinajstić information content (AvgIpc) is 3.34. The number of aliphatic hydroxyl groups is 1. The number of ether oxygens (including phenoxy) is 1. The summed E-state index contributed by atoms with van der Waals surface area (Å²) in [7, 11) is 0. The van der Waals surface area contributed by atoms with Gasteiger partial charge in [-0.2, -0.15) is 0 Å². The molecular weight excluding hydrogens is 474 g/mol. The molecule has 0 aliphatic carbocycles. The maximum Gasteiger partial charge on any atom is 0.300 e. The number of hydrogen-bond acceptors (Lipinski definition) is 5. The first kappa shape index (κ1) is 21.9. The van der Waals surface area contributed by atoms with Crippen LogP contribution in [0, 0.1) is 6.92 Å². The second-order valence-corrected chi connectivity index (χ2v) is 8.38. The SMILES string of the molecule is CCCOc1ccc(/C(O)=C2/C(=O)C(=O)N(c3ccc(Br)cc3)C2c2ccc(C)o2)cc1. The van der Waals surface area contributed by atoms with Gasteiger partial charge < -0.3 is 14.3 Å². The quantitative estimate of drug-likeness (QED) is 0.267. The van der Waals surface area contributed by atoms with E-state index in [1.165, 1.54) is 4.90 Å². The molecule has 1 aliphatic rings. The van der Waals surface area contributed by atoms with Crippen LogP contribution in [0.5, 0.6) is 5.75 Å². The van der Waals surface area contributed by atoms with Gasteiger partial charge in [-0.05, 0) is 74.0 Å². The Labute approximate surface area is 194 Å². The second kappa shape index (κ2) is 9.04. The highest BCUT2D eigenvalue weighted by molar-refractivity contribution is 9.10. The van der Waals surface area contributed by atoms with Crippen LogP contribution in [0.25, 0.3) is 5.76 Å². The van der Waals surface area contributed by atoms with Crippen LogP contribution in [0.2, 0.25) is 0 Å². The summed E-state index contributed by atoms with van der Waals surface area (Å²) in [5.74, 6) is -0.0551. The fraction of sp³-hybridized carbons (Fsp3) is 0.200. The van der Waals surface area contributed by atoms with Crippen molar-refractivity contribution in [3.63, 3.8) is 0 Å². The molecule has 1 aromatic heterocycles. The van der Waals surface area contributed by atoms with Gasteiger partial charge in [0.2, 0.25) is 0 Å². The zero-order valence-electron chi connectivity index (χ0n) is 17.7. The van der Waals surface area contributed by atoms with E-state index in [-0.39, 0.29) is 11.3 Å². The predicted molar refractivity (Wildman–Crippen MR) is 125 cm³/mol. The van der Waals surface area contributed by atoms with Crippen LogP contribution < -0.4 is 9.64 Å². The number of ketones is 1. The predicted octanol–water partition coefficient (Wildman–Crippen LogP) is 5.77. The molecule has 1 aliphatic heterocycles. The Morgan fingerprint density at radius 1 is 1.06 bits per heavy atom. The first-order valence-corrected chi connectivity index (χ1v) is 11.1. The molecule has 3 aromatic rings. The van der Waals surface area contributed by atoms with E-state index in [0.29, 0.717) is 35.1 Å². The Hall–Kier alpha value is -3.32. The summed E-state index contributed by atoms with van der Waals surface area (Å²) >= 11 is 3.38. The zero-order valence-corrected chi connectivity index (χ0v) is 19.3. The first-order chi connectivity index (χ1) is 15.4. The molecule has 1 amide bonds. The topological polar surface area (TPSA) is 80.0 Å². The van der Waals surface area contributed by atoms with Crippen molar-refractivity contribution in [2.24, 2.45) is 0 Å². The first-order valence-electron chi connectivity index (χ1n) is 10.3. The van der Waals surface area contributed by atoms with Crippen molar-refractivity contribution in [2.75, 3.05) is 11.5 Å². The standard InChI is InChI=1S/C25H22BrNO5/c1-3-14-31-19-11-5-16(6-12-19)23(28)21-22(20-13-4-15(2)32-20)27(25(30)24(21)29)18-9-7-17(26)8-10-18/h4-13,22,28H,3,14H2,1-2H3/b23-21-. The number of Topliss-reactive ketones (excluding diaryl/α,β-unsaturated/α-hetero) is 1. The summed E-state index contributed by atoms with van der Waals surface area (Å²) in [6, 6.07) is 16.4. The van der Waals surface area contributed by atoms with Crippen molar-refractivity contribution in [1.82, 2.24) is 0 Å². The van der Waals surface area contributed by atoms with Gasteiger partial charge >= 0.3 is 0 Å². The number of halogens is 1. The molecule has 1 saturated heterocycles. The van der Waals surface area contributed by atoms with Crippen molar-refractivity contribution in [3.05, 3.63) is 87.8 Å². The summed E-state index contributed by atoms with van der Waals surface area (Å²) in [5.41, 5.74) is 0.919. The second-order valence-electron chi connectivity index (χ2n) is 7.47. The molecule has 1 N–H and O–H groups in total. The highest BCUT2D eigenvalue weighted by atomic mass is 79.9. The molecule has 2 aromatic carbocycles. The van der Waals surface area contributed by atoms with Crippen molar-refractivity contribution < 1.29 is 23.8 Å². The smallest absolute Gasteiger partial charge is 0.300 e. The molecule has 6 nitrogen and oxygen atoms in total. The number of rotatable bonds is 6. The van der Waals surface area contributed by atoms with Gasteiger partial charge in [0.15, 0.2) is 0 Å². The van der Waals surface area contributed by atoms with Gasteiger partial charge in [0, 0.05) is 15.7 Å². The van der Waals surface area contributed by atoms with Crippen LogP contribution in [0.4, 0.5) is 5.69 Å². The molecule has 1 unspecified atom stereocenters. The Morgan fingerprint density at radius 3 is 2.34 bits per heavy atom. The van der Waals surface area contributed by atoms with Crippen LogP contribution in [-0.4, -0.2) is 23.4 Å². The summed E-state index contributed by atoms with van der Waals surface area (Å²) in [5, 5.41) is 11.1. The Morgan fingerprint density at radius 2 is 1.75 bits per heavy atom. The molecule has 1 fully saturated rings. The summed E-state index contributed by atoms with van der Waals surface area (Å²) in [6.07, 6.45) is 0.879. The van der Waals surface area contributed by atoms with Gasteiger partial charge in [-0.15, -0.1) is 0 Å². The normalized spacial score (nSPS) is 17.7. The minimum absolute atomic E-state index is 0.0190. The molecule has 0 bridgehead atoms. The Bertz CT molecular complexity index is 1180. The molecule has 0 saturated carbocycles. The van der Waals surface area contributed by atoms with E-state index < -0.39 is 17.7 Å². The molecule has 2 heterocycles. The molecule has 0 spiro atoms. The number of aliphatic hydroxyl groups excluding tert-OH is 1. The van der Waals surface area contributed by atoms with Gasteiger partial charge in [0.25, 0.3) is 11.7 Å². The molecule has 4 rings (SSSR count). The lowest BCUT2D eigenvalue weighted by Crippen LogP contribution is -2.29. The number of benzene rings is 2. The van der Waals surface area contributed by atoms with Gasteiger partial charge in [0.1, 0.15) is 29.1 Å². The van der Waals surface area contributed by atoms with E-state index in [0.717, 1.165) is 10.9 Å². The number of carbonyl (C=O) groups is 2. The summed E-state index contributed by atoms with van der Waals surface area (Å²) < 4.78 is 12.2.